The molecule has 1 aliphatic rings. The molecule has 0 saturated heterocycles. The Kier molecular flexibility index (Phi) is 7.65. The molecule has 1 saturated carbocycles. The van der Waals surface area contributed by atoms with Crippen LogP contribution in [-0.4, -0.2) is 35.2 Å². The van der Waals surface area contributed by atoms with Gasteiger partial charge in [-0.1, -0.05) is 25.0 Å². The summed E-state index contributed by atoms with van der Waals surface area (Å²) in [4.78, 5) is 35.2. The fourth-order valence-electron chi connectivity index (χ4n) is 3.79. The molecule has 0 heterocycles. The van der Waals surface area contributed by atoms with Crippen molar-refractivity contribution in [3.05, 3.63) is 29.8 Å². The third-order valence-corrected chi connectivity index (χ3v) is 5.06. The van der Waals surface area contributed by atoms with E-state index in [4.69, 9.17) is 9.84 Å². The monoisotopic (exact) mass is 404 g/mol. The number of nitrogens with one attached hydrogen (secondary N) is 2. The molecule has 1 aliphatic carbocycles. The second-order valence-corrected chi connectivity index (χ2v) is 8.88. The molecule has 0 unspecified atom stereocenters. The van der Waals surface area contributed by atoms with E-state index in [1.807, 2.05) is 12.1 Å². The van der Waals surface area contributed by atoms with Crippen LogP contribution in [0.2, 0.25) is 0 Å². The van der Waals surface area contributed by atoms with E-state index >= 15 is 0 Å². The number of aliphatic carboxylic acids is 1. The number of carbonyl (C=O) groups is 3. The number of anilines is 1. The number of carboxylic acid groups (broad SMARTS) is 1. The molecule has 0 aliphatic heterocycles. The summed E-state index contributed by atoms with van der Waals surface area (Å²) in [6, 6.07) is 7.37. The van der Waals surface area contributed by atoms with Gasteiger partial charge in [0, 0.05) is 18.7 Å². The Labute approximate surface area is 172 Å². The highest BCUT2D eigenvalue weighted by Gasteiger charge is 2.37. The first-order valence-electron chi connectivity index (χ1n) is 10.1. The van der Waals surface area contributed by atoms with Gasteiger partial charge in [-0.3, -0.25) is 14.9 Å². The van der Waals surface area contributed by atoms with Crippen molar-refractivity contribution in [3.8, 4) is 0 Å². The van der Waals surface area contributed by atoms with E-state index in [1.54, 1.807) is 32.9 Å². The largest absolute Gasteiger partial charge is 0.481 e. The Hall–Kier alpha value is -2.57. The predicted octanol–water partition coefficient (Wildman–Crippen LogP) is 4.12. The van der Waals surface area contributed by atoms with Crippen LogP contribution in [0.15, 0.2) is 24.3 Å². The van der Waals surface area contributed by atoms with Crippen molar-refractivity contribution in [1.82, 2.24) is 5.32 Å². The highest BCUT2D eigenvalue weighted by Crippen LogP contribution is 2.43. The molecule has 0 atom stereocenters. The van der Waals surface area contributed by atoms with Gasteiger partial charge in [-0.05, 0) is 63.1 Å². The molecule has 1 aromatic rings. The fourth-order valence-corrected chi connectivity index (χ4v) is 3.79. The molecule has 3 N–H and O–H groups in total. The third-order valence-electron chi connectivity index (χ3n) is 5.06. The molecule has 0 spiro atoms. The highest BCUT2D eigenvalue weighted by molar-refractivity contribution is 5.84. The Morgan fingerprint density at radius 2 is 1.69 bits per heavy atom. The summed E-state index contributed by atoms with van der Waals surface area (Å²) >= 11 is 0. The zero-order chi connectivity index (χ0) is 21.5. The van der Waals surface area contributed by atoms with Crippen LogP contribution in [0.5, 0.6) is 0 Å². The van der Waals surface area contributed by atoms with Gasteiger partial charge in [0.15, 0.2) is 0 Å². The minimum atomic E-state index is -0.834. The number of benzene rings is 1. The number of hydrogen-bond acceptors (Lipinski definition) is 4. The molecule has 0 aromatic heterocycles. The third kappa shape index (κ3) is 8.13. The van der Waals surface area contributed by atoms with Gasteiger partial charge in [0.25, 0.3) is 0 Å². The van der Waals surface area contributed by atoms with Crippen LogP contribution < -0.4 is 10.6 Å². The lowest BCUT2D eigenvalue weighted by Crippen LogP contribution is -2.33. The summed E-state index contributed by atoms with van der Waals surface area (Å²) in [6.45, 7) is 5.90. The minimum Gasteiger partial charge on any atom is -0.481 e. The summed E-state index contributed by atoms with van der Waals surface area (Å²) < 4.78 is 5.22. The number of carboxylic acids is 1. The Morgan fingerprint density at radius 3 is 2.24 bits per heavy atom. The molecule has 29 heavy (non-hydrogen) atoms. The summed E-state index contributed by atoms with van der Waals surface area (Å²) in [5.41, 5.74) is 0.735. The number of carbonyl (C=O) groups excluding carboxylic acids is 2. The number of rotatable bonds is 8. The maximum absolute atomic E-state index is 12.3. The van der Waals surface area contributed by atoms with Crippen molar-refractivity contribution >= 4 is 23.7 Å². The van der Waals surface area contributed by atoms with Crippen molar-refractivity contribution in [2.75, 3.05) is 11.9 Å². The Bertz CT molecular complexity index is 716. The summed E-state index contributed by atoms with van der Waals surface area (Å²) in [7, 11) is 0. The quantitative estimate of drug-likeness (QED) is 0.604. The maximum Gasteiger partial charge on any atom is 0.412 e. The first-order chi connectivity index (χ1) is 13.6. The van der Waals surface area contributed by atoms with E-state index in [0.29, 0.717) is 18.7 Å². The summed E-state index contributed by atoms with van der Waals surface area (Å²) in [6.07, 6.45) is 4.08. The Balaban J connectivity index is 1.76. The molecular formula is C22H32N2O5. The molecule has 7 heteroatoms. The van der Waals surface area contributed by atoms with Crippen molar-refractivity contribution in [3.63, 3.8) is 0 Å². The average molecular weight is 405 g/mol. The molecule has 1 aromatic carbocycles. The van der Waals surface area contributed by atoms with Gasteiger partial charge in [0.05, 0.1) is 6.42 Å². The van der Waals surface area contributed by atoms with Crippen LogP contribution in [0, 0.1) is 5.41 Å². The zero-order valence-electron chi connectivity index (χ0n) is 17.5. The van der Waals surface area contributed by atoms with Crippen LogP contribution >= 0.6 is 0 Å². The van der Waals surface area contributed by atoms with Crippen LogP contribution in [0.3, 0.4) is 0 Å². The van der Waals surface area contributed by atoms with Crippen molar-refractivity contribution in [2.24, 2.45) is 5.41 Å². The molecule has 0 radical (unpaired) electrons. The van der Waals surface area contributed by atoms with Gasteiger partial charge in [0.1, 0.15) is 5.60 Å². The molecule has 1 fully saturated rings. The highest BCUT2D eigenvalue weighted by atomic mass is 16.6. The molecule has 2 rings (SSSR count). The van der Waals surface area contributed by atoms with E-state index in [9.17, 15) is 14.4 Å². The standard InChI is InChI=1S/C22H32N2O5/c1-21(2,3)29-20(28)24-17-8-6-16(7-9-17)10-13-23-18(25)14-22(15-19(26)27)11-4-5-12-22/h6-9H,4-5,10-15H2,1-3H3,(H,23,25)(H,24,28)(H,26,27). The fraction of sp³-hybridized carbons (Fsp3) is 0.591. The van der Waals surface area contributed by atoms with Crippen LogP contribution in [0.25, 0.3) is 0 Å². The van der Waals surface area contributed by atoms with Crippen LogP contribution in [-0.2, 0) is 20.7 Å². The van der Waals surface area contributed by atoms with E-state index in [2.05, 4.69) is 10.6 Å². The van der Waals surface area contributed by atoms with Gasteiger partial charge in [-0.25, -0.2) is 4.79 Å². The molecule has 0 bridgehead atoms. The molecule has 160 valence electrons. The van der Waals surface area contributed by atoms with Gasteiger partial charge < -0.3 is 15.2 Å². The average Bonchev–Trinajstić information content (AvgIpc) is 3.01. The van der Waals surface area contributed by atoms with E-state index in [0.717, 1.165) is 31.2 Å². The van der Waals surface area contributed by atoms with Crippen LogP contribution in [0.4, 0.5) is 10.5 Å². The lowest BCUT2D eigenvalue weighted by Gasteiger charge is -2.26. The van der Waals surface area contributed by atoms with Gasteiger partial charge in [-0.15, -0.1) is 0 Å². The Morgan fingerprint density at radius 1 is 1.07 bits per heavy atom. The number of amides is 2. The first kappa shape index (κ1) is 22.7. The number of ether oxygens (including phenoxy) is 1. The van der Waals surface area contributed by atoms with Crippen molar-refractivity contribution in [1.29, 1.82) is 0 Å². The van der Waals surface area contributed by atoms with Gasteiger partial charge >= 0.3 is 12.1 Å². The van der Waals surface area contributed by atoms with Crippen molar-refractivity contribution in [2.45, 2.75) is 71.3 Å². The predicted molar refractivity (Wildman–Crippen MR) is 111 cm³/mol. The lowest BCUT2D eigenvalue weighted by molar-refractivity contribution is -0.140. The number of hydrogen-bond donors (Lipinski definition) is 3. The minimum absolute atomic E-state index is 0.0620. The van der Waals surface area contributed by atoms with E-state index in [-0.39, 0.29) is 24.2 Å². The van der Waals surface area contributed by atoms with Gasteiger partial charge in [0.2, 0.25) is 5.91 Å². The SMILES string of the molecule is CC(C)(C)OC(=O)Nc1ccc(CCNC(=O)CC2(CC(=O)O)CCCC2)cc1. The summed E-state index contributed by atoms with van der Waals surface area (Å²) in [5, 5.41) is 14.7. The molecule has 7 nitrogen and oxygen atoms in total. The topological polar surface area (TPSA) is 105 Å². The van der Waals surface area contributed by atoms with Crippen LogP contribution in [0.1, 0.15) is 64.9 Å². The zero-order valence-corrected chi connectivity index (χ0v) is 17.5. The normalized spacial score (nSPS) is 15.6. The second kappa shape index (κ2) is 9.76. The maximum atomic E-state index is 12.3. The van der Waals surface area contributed by atoms with E-state index in [1.165, 1.54) is 0 Å². The molecule has 2 amide bonds. The summed E-state index contributed by atoms with van der Waals surface area (Å²) in [5.74, 6) is -0.920. The molecular weight excluding hydrogens is 372 g/mol. The lowest BCUT2D eigenvalue weighted by atomic mass is 9.79. The first-order valence-corrected chi connectivity index (χ1v) is 10.1. The van der Waals surface area contributed by atoms with Gasteiger partial charge in [-0.2, -0.15) is 0 Å². The second-order valence-electron chi connectivity index (χ2n) is 8.88. The van der Waals surface area contributed by atoms with E-state index < -0.39 is 17.7 Å². The van der Waals surface area contributed by atoms with Crippen molar-refractivity contribution < 1.29 is 24.2 Å². The smallest absolute Gasteiger partial charge is 0.412 e.